The molecule has 1 aromatic rings. The molecule has 6 nitrogen and oxygen atoms in total. The van der Waals surface area contributed by atoms with E-state index >= 15 is 0 Å². The lowest BCUT2D eigenvalue weighted by Crippen LogP contribution is -2.40. The second-order valence-corrected chi connectivity index (χ2v) is 7.60. The molecule has 1 saturated carbocycles. The molecule has 138 valence electrons. The molecule has 2 aliphatic rings. The Morgan fingerprint density at radius 1 is 1.32 bits per heavy atom. The second kappa shape index (κ2) is 8.13. The quantitative estimate of drug-likeness (QED) is 0.730. The molecule has 6 heteroatoms. The van der Waals surface area contributed by atoms with Crippen molar-refractivity contribution in [3.05, 3.63) is 17.5 Å². The number of hydrogen-bond donors (Lipinski definition) is 1. The summed E-state index contributed by atoms with van der Waals surface area (Å²) in [7, 11) is 0. The zero-order valence-electron chi connectivity index (χ0n) is 15.1. The molecule has 0 spiro atoms. The van der Waals surface area contributed by atoms with E-state index in [0.29, 0.717) is 42.8 Å². The molecule has 1 aliphatic carbocycles. The van der Waals surface area contributed by atoms with Crippen molar-refractivity contribution in [2.45, 2.75) is 57.8 Å². The Balaban J connectivity index is 1.44. The molecular weight excluding hydrogens is 318 g/mol. The fraction of sp³-hybridized carbons (Fsp3) is 0.737. The van der Waals surface area contributed by atoms with Gasteiger partial charge in [-0.1, -0.05) is 12.1 Å². The van der Waals surface area contributed by atoms with E-state index in [9.17, 15) is 9.59 Å². The molecule has 1 aromatic heterocycles. The lowest BCUT2D eigenvalue weighted by molar-refractivity contribution is -0.132. The maximum atomic E-state index is 12.4. The Hall–Kier alpha value is -1.69. The van der Waals surface area contributed by atoms with Crippen molar-refractivity contribution < 1.29 is 14.1 Å². The minimum atomic E-state index is 0.0737. The van der Waals surface area contributed by atoms with Crippen LogP contribution >= 0.6 is 0 Å². The van der Waals surface area contributed by atoms with E-state index in [0.717, 1.165) is 51.0 Å². The molecule has 2 N–H and O–H groups in total. The van der Waals surface area contributed by atoms with Crippen molar-refractivity contribution in [2.75, 3.05) is 19.6 Å². The van der Waals surface area contributed by atoms with Crippen molar-refractivity contribution in [3.63, 3.8) is 0 Å². The largest absolute Gasteiger partial charge is 0.360 e. The standard InChI is InChI=1S/C19H29N3O3/c1-13(11-17(23)16-12-18(25-21-16)15-4-5-15)14-6-9-22(10-7-14)19(24)3-2-8-20/h12-15H,2-11,20H2,1H3/t13-/m0/s1. The van der Waals surface area contributed by atoms with Gasteiger partial charge in [0.15, 0.2) is 5.78 Å². The van der Waals surface area contributed by atoms with Crippen LogP contribution in [-0.2, 0) is 4.79 Å². The number of carbonyl (C=O) groups is 2. The van der Waals surface area contributed by atoms with Gasteiger partial charge < -0.3 is 15.2 Å². The highest BCUT2D eigenvalue weighted by atomic mass is 16.5. The van der Waals surface area contributed by atoms with Crippen LogP contribution < -0.4 is 5.73 Å². The minimum absolute atomic E-state index is 0.0737. The number of ketones is 1. The number of carbonyl (C=O) groups excluding carboxylic acids is 2. The number of nitrogens with zero attached hydrogens (tertiary/aromatic N) is 2. The minimum Gasteiger partial charge on any atom is -0.360 e. The third-order valence-corrected chi connectivity index (χ3v) is 5.59. The Morgan fingerprint density at radius 3 is 2.68 bits per heavy atom. The zero-order valence-corrected chi connectivity index (χ0v) is 15.1. The van der Waals surface area contributed by atoms with Gasteiger partial charge in [0.1, 0.15) is 11.5 Å². The molecule has 0 bridgehead atoms. The summed E-state index contributed by atoms with van der Waals surface area (Å²) in [4.78, 5) is 26.4. The predicted octanol–water partition coefficient (Wildman–Crippen LogP) is 2.74. The van der Waals surface area contributed by atoms with E-state index in [1.807, 2.05) is 11.0 Å². The van der Waals surface area contributed by atoms with Gasteiger partial charge in [-0.15, -0.1) is 0 Å². The molecule has 0 unspecified atom stereocenters. The number of rotatable bonds is 8. The molecule has 1 atom stereocenters. The van der Waals surface area contributed by atoms with Crippen molar-refractivity contribution >= 4 is 11.7 Å². The molecule has 3 rings (SSSR count). The summed E-state index contributed by atoms with van der Waals surface area (Å²) in [6.45, 7) is 4.28. The Morgan fingerprint density at radius 2 is 2.04 bits per heavy atom. The smallest absolute Gasteiger partial charge is 0.222 e. The zero-order chi connectivity index (χ0) is 17.8. The van der Waals surface area contributed by atoms with Gasteiger partial charge in [-0.3, -0.25) is 9.59 Å². The van der Waals surface area contributed by atoms with Gasteiger partial charge in [0.25, 0.3) is 0 Å². The van der Waals surface area contributed by atoms with Gasteiger partial charge in [0, 0.05) is 37.9 Å². The monoisotopic (exact) mass is 347 g/mol. The number of aromatic nitrogens is 1. The first kappa shape index (κ1) is 18.1. The average Bonchev–Trinajstić information content (AvgIpc) is 3.36. The molecule has 1 saturated heterocycles. The third kappa shape index (κ3) is 4.69. The number of piperidine rings is 1. The van der Waals surface area contributed by atoms with Crippen LogP contribution in [-0.4, -0.2) is 41.4 Å². The second-order valence-electron chi connectivity index (χ2n) is 7.60. The van der Waals surface area contributed by atoms with Gasteiger partial charge in [-0.05, 0) is 50.5 Å². The van der Waals surface area contributed by atoms with Gasteiger partial charge in [0.2, 0.25) is 5.91 Å². The van der Waals surface area contributed by atoms with Crippen LogP contribution in [0.5, 0.6) is 0 Å². The third-order valence-electron chi connectivity index (χ3n) is 5.59. The van der Waals surface area contributed by atoms with Crippen LogP contribution in [0.2, 0.25) is 0 Å². The molecule has 25 heavy (non-hydrogen) atoms. The highest BCUT2D eigenvalue weighted by Crippen LogP contribution is 2.40. The molecule has 1 amide bonds. The molecule has 0 radical (unpaired) electrons. The van der Waals surface area contributed by atoms with Crippen LogP contribution in [0.25, 0.3) is 0 Å². The molecule has 2 fully saturated rings. The molecule has 1 aliphatic heterocycles. The number of hydrogen-bond acceptors (Lipinski definition) is 5. The summed E-state index contributed by atoms with van der Waals surface area (Å²) >= 11 is 0. The highest BCUT2D eigenvalue weighted by molar-refractivity contribution is 5.94. The summed E-state index contributed by atoms with van der Waals surface area (Å²) in [6, 6.07) is 1.82. The van der Waals surface area contributed by atoms with Gasteiger partial charge in [0.05, 0.1) is 0 Å². The molecular formula is C19H29N3O3. The lowest BCUT2D eigenvalue weighted by Gasteiger charge is -2.34. The van der Waals surface area contributed by atoms with E-state index in [1.165, 1.54) is 0 Å². The van der Waals surface area contributed by atoms with E-state index < -0.39 is 0 Å². The van der Waals surface area contributed by atoms with Crippen molar-refractivity contribution in [1.29, 1.82) is 0 Å². The summed E-state index contributed by atoms with van der Waals surface area (Å²) < 4.78 is 5.29. The highest BCUT2D eigenvalue weighted by Gasteiger charge is 2.30. The Kier molecular flexibility index (Phi) is 5.89. The number of amides is 1. The Labute approximate surface area is 149 Å². The van der Waals surface area contributed by atoms with Crippen molar-refractivity contribution in [1.82, 2.24) is 10.1 Å². The number of Topliss-reactive ketones (excluding diaryl/α,β-unsaturated/α-hetero) is 1. The normalized spacial score (nSPS) is 19.8. The molecule has 2 heterocycles. The topological polar surface area (TPSA) is 89.4 Å². The first-order valence-electron chi connectivity index (χ1n) is 9.56. The van der Waals surface area contributed by atoms with Crippen LogP contribution in [0.15, 0.2) is 10.6 Å². The Bertz CT molecular complexity index is 601. The van der Waals surface area contributed by atoms with E-state index in [4.69, 9.17) is 10.3 Å². The van der Waals surface area contributed by atoms with Crippen LogP contribution in [0.1, 0.15) is 74.0 Å². The first-order chi connectivity index (χ1) is 12.1. The number of likely N-dealkylation sites (tertiary alicyclic amines) is 1. The summed E-state index contributed by atoms with van der Waals surface area (Å²) in [5, 5.41) is 3.95. The summed E-state index contributed by atoms with van der Waals surface area (Å²) in [6.07, 6.45) is 6.02. The van der Waals surface area contributed by atoms with Gasteiger partial charge >= 0.3 is 0 Å². The maximum Gasteiger partial charge on any atom is 0.222 e. The summed E-state index contributed by atoms with van der Waals surface area (Å²) in [5.41, 5.74) is 5.94. The van der Waals surface area contributed by atoms with Crippen LogP contribution in [0.4, 0.5) is 0 Å². The van der Waals surface area contributed by atoms with Crippen molar-refractivity contribution in [2.24, 2.45) is 17.6 Å². The van der Waals surface area contributed by atoms with E-state index in [-0.39, 0.29) is 11.7 Å². The maximum absolute atomic E-state index is 12.4. The predicted molar refractivity (Wildman–Crippen MR) is 94.2 cm³/mol. The van der Waals surface area contributed by atoms with Crippen LogP contribution in [0, 0.1) is 11.8 Å². The summed E-state index contributed by atoms with van der Waals surface area (Å²) in [5.74, 6) is 2.41. The lowest BCUT2D eigenvalue weighted by atomic mass is 9.82. The molecule has 0 aromatic carbocycles. The van der Waals surface area contributed by atoms with E-state index in [2.05, 4.69) is 12.1 Å². The van der Waals surface area contributed by atoms with Crippen LogP contribution in [0.3, 0.4) is 0 Å². The van der Waals surface area contributed by atoms with Gasteiger partial charge in [-0.25, -0.2) is 0 Å². The van der Waals surface area contributed by atoms with Gasteiger partial charge in [-0.2, -0.15) is 0 Å². The average molecular weight is 347 g/mol. The number of nitrogens with two attached hydrogens (primary N) is 1. The fourth-order valence-corrected chi connectivity index (χ4v) is 3.67. The SMILES string of the molecule is C[C@@H](CC(=O)c1cc(C2CC2)on1)C1CCN(C(=O)CCCN)CC1. The van der Waals surface area contributed by atoms with Crippen molar-refractivity contribution in [3.8, 4) is 0 Å². The fourth-order valence-electron chi connectivity index (χ4n) is 3.67. The first-order valence-corrected chi connectivity index (χ1v) is 9.56. The van der Waals surface area contributed by atoms with E-state index in [1.54, 1.807) is 0 Å².